The lowest BCUT2D eigenvalue weighted by Gasteiger charge is -2.50. The van der Waals surface area contributed by atoms with Gasteiger partial charge in [-0.3, -0.25) is 9.59 Å². The number of pyridine rings is 1. The van der Waals surface area contributed by atoms with Gasteiger partial charge in [-0.05, 0) is 24.3 Å². The fourth-order valence-corrected chi connectivity index (χ4v) is 5.36. The molecule has 5 rings (SSSR count). The van der Waals surface area contributed by atoms with Crippen LogP contribution in [0.25, 0.3) is 10.2 Å². The molecule has 7 nitrogen and oxygen atoms in total. The fourth-order valence-electron chi connectivity index (χ4n) is 4.39. The first-order valence-corrected chi connectivity index (χ1v) is 11.0. The number of aryl methyl sites for hydroxylation is 1. The average Bonchev–Trinajstić information content (AvgIpc) is 3.20. The van der Waals surface area contributed by atoms with Crippen molar-refractivity contribution >= 4 is 39.2 Å². The molecule has 4 heterocycles. The average molecular weight is 422 g/mol. The number of anilines is 1. The zero-order chi connectivity index (χ0) is 20.7. The van der Waals surface area contributed by atoms with E-state index in [1.54, 1.807) is 29.7 Å². The summed E-state index contributed by atoms with van der Waals surface area (Å²) in [4.78, 5) is 38.4. The number of carbonyl (C=O) groups excluding carboxylic acids is 2. The minimum absolute atomic E-state index is 0.0909. The summed E-state index contributed by atoms with van der Waals surface area (Å²) < 4.78 is 1.16. The lowest BCUT2D eigenvalue weighted by Crippen LogP contribution is -2.67. The van der Waals surface area contributed by atoms with Gasteiger partial charge in [0.05, 0.1) is 20.8 Å². The summed E-state index contributed by atoms with van der Waals surface area (Å²) in [5.74, 6) is 0.760. The monoisotopic (exact) mass is 421 g/mol. The van der Waals surface area contributed by atoms with E-state index < -0.39 is 5.66 Å². The largest absolute Gasteiger partial charge is 0.342 e. The van der Waals surface area contributed by atoms with Crippen LogP contribution in [0.2, 0.25) is 0 Å². The van der Waals surface area contributed by atoms with E-state index in [1.165, 1.54) is 0 Å². The van der Waals surface area contributed by atoms with E-state index in [1.807, 2.05) is 30.1 Å². The van der Waals surface area contributed by atoms with Crippen molar-refractivity contribution in [1.29, 1.82) is 0 Å². The van der Waals surface area contributed by atoms with Gasteiger partial charge in [0.1, 0.15) is 11.5 Å². The molecule has 0 saturated carbocycles. The normalized spacial score (nSPS) is 17.8. The molecule has 1 spiro atoms. The molecule has 154 valence electrons. The lowest BCUT2D eigenvalue weighted by molar-refractivity contribution is -0.132. The second-order valence-electron chi connectivity index (χ2n) is 7.88. The third-order valence-corrected chi connectivity index (χ3v) is 7.27. The van der Waals surface area contributed by atoms with E-state index >= 15 is 0 Å². The summed E-state index contributed by atoms with van der Waals surface area (Å²) in [6.45, 7) is 1.23. The summed E-state index contributed by atoms with van der Waals surface area (Å²) in [5.41, 5.74) is 1.11. The van der Waals surface area contributed by atoms with Gasteiger partial charge in [0.2, 0.25) is 5.91 Å². The molecule has 8 heteroatoms. The van der Waals surface area contributed by atoms with Gasteiger partial charge >= 0.3 is 0 Å². The Morgan fingerprint density at radius 3 is 2.80 bits per heavy atom. The molecule has 0 bridgehead atoms. The summed E-state index contributed by atoms with van der Waals surface area (Å²) in [5, 5.41) is 4.17. The zero-order valence-corrected chi connectivity index (χ0v) is 17.6. The highest BCUT2D eigenvalue weighted by atomic mass is 32.1. The molecule has 2 amide bonds. The van der Waals surface area contributed by atoms with Crippen LogP contribution in [0, 0.1) is 0 Å². The van der Waals surface area contributed by atoms with Crippen LogP contribution in [-0.4, -0.2) is 52.5 Å². The smallest absolute Gasteiger partial charge is 0.256 e. The number of thiazole rings is 1. The van der Waals surface area contributed by atoms with E-state index in [2.05, 4.69) is 26.3 Å². The molecule has 0 aliphatic carbocycles. The zero-order valence-electron chi connectivity index (χ0n) is 16.8. The van der Waals surface area contributed by atoms with Crippen LogP contribution in [0.5, 0.6) is 0 Å². The highest BCUT2D eigenvalue weighted by Gasteiger charge is 2.45. The van der Waals surface area contributed by atoms with Crippen molar-refractivity contribution in [1.82, 2.24) is 20.2 Å². The van der Waals surface area contributed by atoms with Crippen LogP contribution in [0.15, 0.2) is 42.6 Å². The second-order valence-corrected chi connectivity index (χ2v) is 8.99. The number of rotatable bonds is 3. The Morgan fingerprint density at radius 2 is 2.00 bits per heavy atom. The topological polar surface area (TPSA) is 78.4 Å². The third-order valence-electron chi connectivity index (χ3n) is 6.17. The van der Waals surface area contributed by atoms with Gasteiger partial charge < -0.3 is 15.1 Å². The molecule has 1 saturated heterocycles. The molecule has 1 fully saturated rings. The molecular formula is C22H23N5O2S. The predicted octanol–water partition coefficient (Wildman–Crippen LogP) is 2.82. The second kappa shape index (κ2) is 7.36. The van der Waals surface area contributed by atoms with E-state index in [0.29, 0.717) is 50.2 Å². The summed E-state index contributed by atoms with van der Waals surface area (Å²) >= 11 is 1.65. The van der Waals surface area contributed by atoms with Crippen molar-refractivity contribution in [2.24, 2.45) is 0 Å². The van der Waals surface area contributed by atoms with Gasteiger partial charge in [0, 0.05) is 52.0 Å². The van der Waals surface area contributed by atoms with Crippen LogP contribution in [0.3, 0.4) is 0 Å². The van der Waals surface area contributed by atoms with E-state index in [-0.39, 0.29) is 11.8 Å². The van der Waals surface area contributed by atoms with Crippen molar-refractivity contribution in [3.63, 3.8) is 0 Å². The number of amides is 2. The van der Waals surface area contributed by atoms with Gasteiger partial charge in [-0.2, -0.15) is 0 Å². The predicted molar refractivity (Wildman–Crippen MR) is 117 cm³/mol. The van der Waals surface area contributed by atoms with E-state index in [0.717, 1.165) is 15.2 Å². The highest BCUT2D eigenvalue weighted by molar-refractivity contribution is 7.18. The van der Waals surface area contributed by atoms with Gasteiger partial charge in [-0.1, -0.05) is 12.1 Å². The summed E-state index contributed by atoms with van der Waals surface area (Å²) in [7, 11) is 1.97. The first-order valence-electron chi connectivity index (χ1n) is 10.2. The standard InChI is InChI=1S/C22H23N5O2S/c1-26-20-15(5-4-12-23-20)21(29)25-22(26)10-13-27(14-11-22)19(28)9-8-18-24-16-6-2-3-7-17(16)30-18/h2-7,12H,8-11,13-14H2,1H3,(H,25,29). The Bertz CT molecular complexity index is 1090. The number of aromatic nitrogens is 2. The molecular weight excluding hydrogens is 398 g/mol. The number of carbonyl (C=O) groups is 2. The summed E-state index contributed by atoms with van der Waals surface area (Å²) in [6, 6.07) is 11.6. The van der Waals surface area contributed by atoms with Crippen molar-refractivity contribution in [2.45, 2.75) is 31.3 Å². The number of fused-ring (bicyclic) bond motifs is 2. The minimum Gasteiger partial charge on any atom is -0.342 e. The maximum atomic E-state index is 12.8. The molecule has 2 aliphatic heterocycles. The van der Waals surface area contributed by atoms with Crippen molar-refractivity contribution < 1.29 is 9.59 Å². The first kappa shape index (κ1) is 19.0. The number of hydrogen-bond donors (Lipinski definition) is 1. The Labute approximate surface area is 178 Å². The van der Waals surface area contributed by atoms with Crippen LogP contribution in [0.4, 0.5) is 5.82 Å². The molecule has 3 aromatic rings. The van der Waals surface area contributed by atoms with Crippen LogP contribution in [0.1, 0.15) is 34.6 Å². The number of benzene rings is 1. The molecule has 2 aromatic heterocycles. The number of piperidine rings is 1. The van der Waals surface area contributed by atoms with Crippen molar-refractivity contribution in [2.75, 3.05) is 25.0 Å². The van der Waals surface area contributed by atoms with Crippen molar-refractivity contribution in [3.8, 4) is 0 Å². The van der Waals surface area contributed by atoms with Gasteiger partial charge in [0.25, 0.3) is 5.91 Å². The number of likely N-dealkylation sites (tertiary alicyclic amines) is 1. The quantitative estimate of drug-likeness (QED) is 0.704. The Kier molecular flexibility index (Phi) is 4.66. The van der Waals surface area contributed by atoms with E-state index in [9.17, 15) is 9.59 Å². The molecule has 2 aliphatic rings. The van der Waals surface area contributed by atoms with Gasteiger partial charge in [-0.25, -0.2) is 9.97 Å². The first-order chi connectivity index (χ1) is 14.6. The van der Waals surface area contributed by atoms with Crippen molar-refractivity contribution in [3.05, 3.63) is 53.2 Å². The number of hydrogen-bond acceptors (Lipinski definition) is 6. The van der Waals surface area contributed by atoms with Crippen LogP contribution < -0.4 is 10.2 Å². The highest BCUT2D eigenvalue weighted by Crippen LogP contribution is 2.35. The molecule has 1 N–H and O–H groups in total. The summed E-state index contributed by atoms with van der Waals surface area (Å²) in [6.07, 6.45) is 4.19. The molecule has 0 unspecified atom stereocenters. The van der Waals surface area contributed by atoms with E-state index in [4.69, 9.17) is 0 Å². The Balaban J connectivity index is 1.22. The van der Waals surface area contributed by atoms with Crippen LogP contribution in [-0.2, 0) is 11.2 Å². The molecule has 30 heavy (non-hydrogen) atoms. The maximum Gasteiger partial charge on any atom is 0.256 e. The Morgan fingerprint density at radius 1 is 1.20 bits per heavy atom. The SMILES string of the molecule is CN1c2ncccc2C(=O)NC12CCN(C(=O)CCc1nc3ccccc3s1)CC2. The minimum atomic E-state index is -0.484. The fraction of sp³-hybridized carbons (Fsp3) is 0.364. The number of nitrogens with one attached hydrogen (secondary N) is 1. The Hall–Kier alpha value is -3.00. The third kappa shape index (κ3) is 3.21. The van der Waals surface area contributed by atoms with Crippen LogP contribution >= 0.6 is 11.3 Å². The lowest BCUT2D eigenvalue weighted by atomic mass is 9.91. The van der Waals surface area contributed by atoms with Gasteiger partial charge in [0.15, 0.2) is 0 Å². The number of para-hydroxylation sites is 1. The molecule has 0 atom stereocenters. The maximum absolute atomic E-state index is 12.8. The number of nitrogens with zero attached hydrogens (tertiary/aromatic N) is 4. The molecule has 0 radical (unpaired) electrons. The van der Waals surface area contributed by atoms with Gasteiger partial charge in [-0.15, -0.1) is 11.3 Å². The molecule has 1 aromatic carbocycles.